The predicted molar refractivity (Wildman–Crippen MR) is 88.4 cm³/mol. The van der Waals surface area contributed by atoms with Gasteiger partial charge < -0.3 is 15.2 Å². The van der Waals surface area contributed by atoms with E-state index in [0.29, 0.717) is 0 Å². The van der Waals surface area contributed by atoms with E-state index in [-0.39, 0.29) is 5.92 Å². The van der Waals surface area contributed by atoms with Gasteiger partial charge in [0.05, 0.1) is 0 Å². The highest BCUT2D eigenvalue weighted by molar-refractivity contribution is 14.1. The molecule has 21 heavy (non-hydrogen) atoms. The molecule has 2 N–H and O–H groups in total. The SMILES string of the molecule is CC(c1cccc(I)c1)[C@H](NC(=O)OC(C)(C)C)C(=O)O. The van der Waals surface area contributed by atoms with Gasteiger partial charge in [0.2, 0.25) is 0 Å². The lowest BCUT2D eigenvalue weighted by Gasteiger charge is -2.25. The predicted octanol–water partition coefficient (Wildman–Crippen LogP) is 3.37. The van der Waals surface area contributed by atoms with Gasteiger partial charge in [-0.05, 0) is 61.1 Å². The van der Waals surface area contributed by atoms with Crippen LogP contribution >= 0.6 is 22.6 Å². The molecule has 0 fully saturated rings. The standard InChI is InChI=1S/C15H20INO4/c1-9(10-6-5-7-11(16)8-10)12(13(18)19)17-14(20)21-15(2,3)4/h5-9,12H,1-4H3,(H,17,20)(H,18,19)/t9?,12-/m0/s1. The van der Waals surface area contributed by atoms with Crippen LogP contribution < -0.4 is 5.32 Å². The fourth-order valence-electron chi connectivity index (χ4n) is 1.82. The van der Waals surface area contributed by atoms with Gasteiger partial charge in [0.15, 0.2) is 0 Å². The van der Waals surface area contributed by atoms with Crippen LogP contribution in [0.25, 0.3) is 0 Å². The fourth-order valence-corrected chi connectivity index (χ4v) is 2.38. The molecule has 5 nitrogen and oxygen atoms in total. The van der Waals surface area contributed by atoms with Crippen molar-refractivity contribution in [1.82, 2.24) is 5.32 Å². The van der Waals surface area contributed by atoms with Gasteiger partial charge in [-0.25, -0.2) is 9.59 Å². The lowest BCUT2D eigenvalue weighted by atomic mass is 9.93. The summed E-state index contributed by atoms with van der Waals surface area (Å²) >= 11 is 2.16. The highest BCUT2D eigenvalue weighted by Gasteiger charge is 2.29. The lowest BCUT2D eigenvalue weighted by molar-refractivity contribution is -0.140. The number of benzene rings is 1. The minimum absolute atomic E-state index is 0.371. The van der Waals surface area contributed by atoms with E-state index in [1.54, 1.807) is 27.7 Å². The summed E-state index contributed by atoms with van der Waals surface area (Å²) in [4.78, 5) is 23.2. The Bertz CT molecular complexity index is 525. The van der Waals surface area contributed by atoms with Crippen molar-refractivity contribution >= 4 is 34.7 Å². The molecular weight excluding hydrogens is 385 g/mol. The summed E-state index contributed by atoms with van der Waals surface area (Å²) in [6.07, 6.45) is -0.729. The maximum absolute atomic E-state index is 11.8. The second-order valence-electron chi connectivity index (χ2n) is 5.81. The number of carboxylic acids is 1. The minimum Gasteiger partial charge on any atom is -0.480 e. The Kier molecular flexibility index (Phi) is 6.00. The number of nitrogens with one attached hydrogen (secondary N) is 1. The van der Waals surface area contributed by atoms with Gasteiger partial charge in [-0.1, -0.05) is 19.1 Å². The molecule has 0 saturated heterocycles. The Hall–Kier alpha value is -1.31. The van der Waals surface area contributed by atoms with E-state index in [1.807, 2.05) is 24.3 Å². The van der Waals surface area contributed by atoms with Crippen molar-refractivity contribution in [1.29, 1.82) is 0 Å². The highest BCUT2D eigenvalue weighted by atomic mass is 127. The van der Waals surface area contributed by atoms with E-state index in [4.69, 9.17) is 4.74 Å². The molecule has 6 heteroatoms. The summed E-state index contributed by atoms with van der Waals surface area (Å²) < 4.78 is 6.13. The topological polar surface area (TPSA) is 75.6 Å². The number of carboxylic acid groups (broad SMARTS) is 1. The normalized spacial score (nSPS) is 14.1. The molecule has 1 aromatic carbocycles. The van der Waals surface area contributed by atoms with Gasteiger partial charge in [0, 0.05) is 9.49 Å². The van der Waals surface area contributed by atoms with Crippen molar-refractivity contribution in [2.75, 3.05) is 0 Å². The smallest absolute Gasteiger partial charge is 0.408 e. The molecule has 1 amide bonds. The number of halogens is 1. The largest absolute Gasteiger partial charge is 0.480 e. The third-order valence-electron chi connectivity index (χ3n) is 2.81. The number of alkyl carbamates (subject to hydrolysis) is 1. The van der Waals surface area contributed by atoms with Crippen LogP contribution in [0, 0.1) is 3.57 Å². The molecule has 0 aromatic heterocycles. The Morgan fingerprint density at radius 1 is 1.33 bits per heavy atom. The molecule has 0 spiro atoms. The molecule has 0 saturated carbocycles. The zero-order valence-corrected chi connectivity index (χ0v) is 14.7. The van der Waals surface area contributed by atoms with Crippen molar-refractivity contribution in [3.8, 4) is 0 Å². The maximum atomic E-state index is 11.8. The minimum atomic E-state index is -1.09. The fraction of sp³-hybridized carbons (Fsp3) is 0.467. The third kappa shape index (κ3) is 5.91. The van der Waals surface area contributed by atoms with Crippen molar-refractivity contribution in [3.05, 3.63) is 33.4 Å². The first kappa shape index (κ1) is 17.7. The van der Waals surface area contributed by atoms with Crippen LogP contribution in [0.4, 0.5) is 4.79 Å². The van der Waals surface area contributed by atoms with E-state index in [9.17, 15) is 14.7 Å². The van der Waals surface area contributed by atoms with Crippen LogP contribution in [-0.4, -0.2) is 28.8 Å². The van der Waals surface area contributed by atoms with Crippen LogP contribution in [0.1, 0.15) is 39.2 Å². The highest BCUT2D eigenvalue weighted by Crippen LogP contribution is 2.22. The first-order chi connectivity index (χ1) is 9.60. The number of ether oxygens (including phenoxy) is 1. The van der Waals surface area contributed by atoms with E-state index >= 15 is 0 Å². The molecule has 0 bridgehead atoms. The number of amides is 1. The molecule has 1 aromatic rings. The number of hydrogen-bond donors (Lipinski definition) is 2. The third-order valence-corrected chi connectivity index (χ3v) is 3.48. The van der Waals surface area contributed by atoms with E-state index in [2.05, 4.69) is 27.9 Å². The van der Waals surface area contributed by atoms with Gasteiger partial charge in [0.25, 0.3) is 0 Å². The van der Waals surface area contributed by atoms with Crippen molar-refractivity contribution in [2.45, 2.75) is 45.3 Å². The number of aliphatic carboxylic acids is 1. The molecule has 0 aliphatic rings. The molecule has 1 unspecified atom stereocenters. The summed E-state index contributed by atoms with van der Waals surface area (Å²) in [5, 5.41) is 11.8. The van der Waals surface area contributed by atoms with Crippen LogP contribution in [0.2, 0.25) is 0 Å². The number of carbonyl (C=O) groups excluding carboxylic acids is 1. The van der Waals surface area contributed by atoms with Crippen LogP contribution in [0.15, 0.2) is 24.3 Å². The van der Waals surface area contributed by atoms with Gasteiger partial charge in [-0.2, -0.15) is 0 Å². The average Bonchev–Trinajstić information content (AvgIpc) is 2.32. The van der Waals surface area contributed by atoms with Gasteiger partial charge in [0.1, 0.15) is 11.6 Å². The monoisotopic (exact) mass is 405 g/mol. The van der Waals surface area contributed by atoms with E-state index in [1.165, 1.54) is 0 Å². The second-order valence-corrected chi connectivity index (χ2v) is 7.05. The van der Waals surface area contributed by atoms with E-state index in [0.717, 1.165) is 9.13 Å². The summed E-state index contributed by atoms with van der Waals surface area (Å²) in [7, 11) is 0. The number of hydrogen-bond acceptors (Lipinski definition) is 3. The quantitative estimate of drug-likeness (QED) is 0.754. The summed E-state index contributed by atoms with van der Waals surface area (Å²) in [5.41, 5.74) is 0.184. The molecule has 0 radical (unpaired) electrons. The zero-order chi connectivity index (χ0) is 16.2. The Balaban J connectivity index is 2.87. The second kappa shape index (κ2) is 7.11. The molecule has 0 aliphatic carbocycles. The van der Waals surface area contributed by atoms with Gasteiger partial charge in [-0.15, -0.1) is 0 Å². The Labute approximate surface area is 138 Å². The first-order valence-electron chi connectivity index (χ1n) is 6.58. The molecule has 2 atom stereocenters. The van der Waals surface area contributed by atoms with Gasteiger partial charge in [-0.3, -0.25) is 0 Å². The van der Waals surface area contributed by atoms with Gasteiger partial charge >= 0.3 is 12.1 Å². The lowest BCUT2D eigenvalue weighted by Crippen LogP contribution is -2.46. The van der Waals surface area contributed by atoms with E-state index < -0.39 is 23.7 Å². The molecule has 0 heterocycles. The van der Waals surface area contributed by atoms with Crippen LogP contribution in [-0.2, 0) is 9.53 Å². The van der Waals surface area contributed by atoms with Crippen molar-refractivity contribution in [3.63, 3.8) is 0 Å². The maximum Gasteiger partial charge on any atom is 0.408 e. The van der Waals surface area contributed by atoms with Crippen molar-refractivity contribution < 1.29 is 19.4 Å². The molecule has 0 aliphatic heterocycles. The number of carbonyl (C=O) groups is 2. The zero-order valence-electron chi connectivity index (χ0n) is 12.5. The molecular formula is C15H20INO4. The Morgan fingerprint density at radius 2 is 1.95 bits per heavy atom. The first-order valence-corrected chi connectivity index (χ1v) is 7.66. The van der Waals surface area contributed by atoms with Crippen molar-refractivity contribution in [2.24, 2.45) is 0 Å². The molecule has 116 valence electrons. The van der Waals surface area contributed by atoms with Crippen LogP contribution in [0.5, 0.6) is 0 Å². The summed E-state index contributed by atoms with van der Waals surface area (Å²) in [5.74, 6) is -1.46. The Morgan fingerprint density at radius 3 is 2.43 bits per heavy atom. The molecule has 1 rings (SSSR count). The van der Waals surface area contributed by atoms with Crippen LogP contribution in [0.3, 0.4) is 0 Å². The summed E-state index contributed by atoms with van der Waals surface area (Å²) in [6.45, 7) is 6.95. The average molecular weight is 405 g/mol. The summed E-state index contributed by atoms with van der Waals surface area (Å²) in [6, 6.07) is 6.49. The number of rotatable bonds is 4.